The maximum absolute atomic E-state index is 10.6. The third kappa shape index (κ3) is 3.84. The molecule has 2 unspecified atom stereocenters. The molecule has 7 nitrogen and oxygen atoms in total. The Hall–Kier alpha value is -1.45. The number of rotatable bonds is 5. The fraction of sp³-hybridized carbons (Fsp3) is 0.500. The molecule has 5 N–H and O–H groups in total. The van der Waals surface area contributed by atoms with Gasteiger partial charge in [-0.25, -0.2) is 0 Å². The van der Waals surface area contributed by atoms with Crippen molar-refractivity contribution in [2.24, 2.45) is 5.92 Å². The quantitative estimate of drug-likeness (QED) is 0.492. The Morgan fingerprint density at radius 2 is 2.00 bits per heavy atom. The van der Waals surface area contributed by atoms with Gasteiger partial charge in [-0.05, 0) is 48.6 Å². The van der Waals surface area contributed by atoms with Crippen molar-refractivity contribution in [3.8, 4) is 0 Å². The van der Waals surface area contributed by atoms with Gasteiger partial charge in [-0.15, -0.1) is 0 Å². The predicted molar refractivity (Wildman–Crippen MR) is 102 cm³/mol. The molecule has 1 aliphatic carbocycles. The fourth-order valence-electron chi connectivity index (χ4n) is 3.70. The minimum absolute atomic E-state index is 0.136. The van der Waals surface area contributed by atoms with E-state index in [0.717, 1.165) is 5.56 Å². The van der Waals surface area contributed by atoms with E-state index in [2.05, 4.69) is 0 Å². The van der Waals surface area contributed by atoms with E-state index in [1.54, 1.807) is 30.4 Å². The van der Waals surface area contributed by atoms with E-state index in [1.807, 2.05) is 6.08 Å². The van der Waals surface area contributed by atoms with Crippen molar-refractivity contribution in [3.63, 3.8) is 0 Å². The Morgan fingerprint density at radius 3 is 2.61 bits per heavy atom. The number of allylic oxidation sites excluding steroid dienone is 3. The number of halogens is 1. The number of benzene rings is 1. The summed E-state index contributed by atoms with van der Waals surface area (Å²) in [6, 6.07) is 4.98. The summed E-state index contributed by atoms with van der Waals surface area (Å²) in [6.45, 7) is -0.556. The molecule has 1 aliphatic heterocycles. The number of aliphatic hydroxyl groups is 5. The van der Waals surface area contributed by atoms with E-state index in [4.69, 9.17) is 21.1 Å². The van der Waals surface area contributed by atoms with Crippen molar-refractivity contribution < 1.29 is 35.0 Å². The highest BCUT2D eigenvalue weighted by molar-refractivity contribution is 6.31. The lowest BCUT2D eigenvalue weighted by atomic mass is 9.86. The van der Waals surface area contributed by atoms with Gasteiger partial charge in [0.05, 0.1) is 6.61 Å². The van der Waals surface area contributed by atoms with Crippen molar-refractivity contribution in [1.82, 2.24) is 0 Å². The maximum atomic E-state index is 10.6. The summed E-state index contributed by atoms with van der Waals surface area (Å²) in [7, 11) is 1.31. The molecule has 0 bridgehead atoms. The highest BCUT2D eigenvalue weighted by atomic mass is 35.5. The number of aliphatic hydroxyl groups excluding tert-OH is 5. The number of hydrogen-bond donors (Lipinski definition) is 5. The van der Waals surface area contributed by atoms with Crippen molar-refractivity contribution in [2.45, 2.75) is 43.0 Å². The molecule has 1 fully saturated rings. The van der Waals surface area contributed by atoms with E-state index in [0.29, 0.717) is 23.4 Å². The van der Waals surface area contributed by atoms with Crippen LogP contribution in [0.1, 0.15) is 17.5 Å². The molecule has 0 saturated carbocycles. The van der Waals surface area contributed by atoms with Gasteiger partial charge >= 0.3 is 0 Å². The van der Waals surface area contributed by atoms with Gasteiger partial charge in [-0.3, -0.25) is 0 Å². The summed E-state index contributed by atoms with van der Waals surface area (Å²) in [5.41, 5.74) is 1.18. The highest BCUT2D eigenvalue weighted by Gasteiger charge is 2.55. The molecule has 6 atom stereocenters. The molecule has 0 aromatic heterocycles. The molecule has 28 heavy (non-hydrogen) atoms. The standard InChI is InChI=1S/C20H25ClO7/c1-27-20(19(26)18(25)17(24)16(10-22)28-20)13-4-7-15(21)12(9-13)8-11-2-5-14(23)6-3-11/h2,4-7,9,11,16-19,22-26H,3,8,10H2,1H3/t11?,16-,17-,18?,19-,20+/m1/s1. The largest absolute Gasteiger partial charge is 0.508 e. The highest BCUT2D eigenvalue weighted by Crippen LogP contribution is 2.40. The van der Waals surface area contributed by atoms with Crippen LogP contribution in [-0.4, -0.2) is 63.7 Å². The second-order valence-corrected chi connectivity index (χ2v) is 7.54. The lowest BCUT2D eigenvalue weighted by Gasteiger charge is -2.47. The van der Waals surface area contributed by atoms with Crippen LogP contribution >= 0.6 is 11.6 Å². The molecule has 0 spiro atoms. The second-order valence-electron chi connectivity index (χ2n) is 7.13. The zero-order valence-electron chi connectivity index (χ0n) is 15.4. The molecular weight excluding hydrogens is 388 g/mol. The monoisotopic (exact) mass is 412 g/mol. The van der Waals surface area contributed by atoms with Gasteiger partial charge < -0.3 is 35.0 Å². The van der Waals surface area contributed by atoms with Crippen LogP contribution in [0.3, 0.4) is 0 Å². The maximum Gasteiger partial charge on any atom is 0.224 e. The first kappa shape index (κ1) is 21.3. The minimum atomic E-state index is -1.77. The van der Waals surface area contributed by atoms with Gasteiger partial charge in [-0.2, -0.15) is 0 Å². The fourth-order valence-corrected chi connectivity index (χ4v) is 3.90. The molecule has 154 valence electrons. The van der Waals surface area contributed by atoms with Crippen LogP contribution in [0.4, 0.5) is 0 Å². The Labute approximate surface area is 168 Å². The van der Waals surface area contributed by atoms with E-state index in [9.17, 15) is 25.5 Å². The topological polar surface area (TPSA) is 120 Å². The van der Waals surface area contributed by atoms with E-state index >= 15 is 0 Å². The molecule has 1 aromatic carbocycles. The molecule has 1 aromatic rings. The van der Waals surface area contributed by atoms with Crippen LogP contribution in [0.25, 0.3) is 0 Å². The number of ether oxygens (including phenoxy) is 2. The first-order valence-corrected chi connectivity index (χ1v) is 9.44. The third-order valence-electron chi connectivity index (χ3n) is 5.35. The Balaban J connectivity index is 1.94. The van der Waals surface area contributed by atoms with Crippen molar-refractivity contribution in [3.05, 3.63) is 58.3 Å². The van der Waals surface area contributed by atoms with Crippen LogP contribution in [-0.2, 0) is 21.7 Å². The first-order valence-electron chi connectivity index (χ1n) is 9.06. The summed E-state index contributed by atoms with van der Waals surface area (Å²) >= 11 is 6.35. The van der Waals surface area contributed by atoms with Gasteiger partial charge in [0.15, 0.2) is 0 Å². The summed E-state index contributed by atoms with van der Waals surface area (Å²) in [4.78, 5) is 0. The molecule has 0 radical (unpaired) electrons. The zero-order valence-corrected chi connectivity index (χ0v) is 16.2. The molecule has 0 amide bonds. The van der Waals surface area contributed by atoms with Gasteiger partial charge in [0.25, 0.3) is 0 Å². The Bertz CT molecular complexity index is 763. The van der Waals surface area contributed by atoms with Crippen molar-refractivity contribution >= 4 is 11.6 Å². The van der Waals surface area contributed by atoms with Gasteiger partial charge in [-0.1, -0.05) is 23.7 Å². The van der Waals surface area contributed by atoms with Crippen LogP contribution in [0, 0.1) is 5.92 Å². The molecule has 8 heteroatoms. The van der Waals surface area contributed by atoms with E-state index < -0.39 is 36.8 Å². The van der Waals surface area contributed by atoms with E-state index in [1.165, 1.54) is 7.11 Å². The Morgan fingerprint density at radius 1 is 1.25 bits per heavy atom. The third-order valence-corrected chi connectivity index (χ3v) is 5.72. The van der Waals surface area contributed by atoms with Crippen molar-refractivity contribution in [1.29, 1.82) is 0 Å². The lowest BCUT2D eigenvalue weighted by molar-refractivity contribution is -0.366. The summed E-state index contributed by atoms with van der Waals surface area (Å²) in [5.74, 6) is -1.40. The minimum Gasteiger partial charge on any atom is -0.508 e. The number of hydrogen-bond acceptors (Lipinski definition) is 7. The summed E-state index contributed by atoms with van der Waals surface area (Å²) < 4.78 is 11.2. The van der Waals surface area contributed by atoms with E-state index in [-0.39, 0.29) is 11.7 Å². The average Bonchev–Trinajstić information content (AvgIpc) is 2.70. The predicted octanol–water partition coefficient (Wildman–Crippen LogP) is 1.17. The molecule has 1 saturated heterocycles. The number of methoxy groups -OCH3 is 1. The normalized spacial score (nSPS) is 35.6. The lowest BCUT2D eigenvalue weighted by Crippen LogP contribution is -2.64. The Kier molecular flexibility index (Phi) is 6.46. The van der Waals surface area contributed by atoms with Gasteiger partial charge in [0, 0.05) is 17.7 Å². The van der Waals surface area contributed by atoms with Gasteiger partial charge in [0.2, 0.25) is 5.79 Å². The SMILES string of the molecule is CO[C@@]1(c2ccc(Cl)c(CC3C=CC(O)=CC3)c2)O[C@H](CO)[C@@H](O)C(O)[C@H]1O. The molecule has 3 rings (SSSR count). The smallest absolute Gasteiger partial charge is 0.224 e. The summed E-state index contributed by atoms with van der Waals surface area (Å²) in [6.07, 6.45) is 0.772. The van der Waals surface area contributed by atoms with Crippen LogP contribution in [0.2, 0.25) is 5.02 Å². The molecular formula is C20H25ClO7. The van der Waals surface area contributed by atoms with Gasteiger partial charge in [0.1, 0.15) is 30.2 Å². The first-order chi connectivity index (χ1) is 13.3. The van der Waals surface area contributed by atoms with Crippen molar-refractivity contribution in [2.75, 3.05) is 13.7 Å². The second kappa shape index (κ2) is 8.51. The van der Waals surface area contributed by atoms with Crippen LogP contribution in [0.15, 0.2) is 42.2 Å². The average molecular weight is 413 g/mol. The van der Waals surface area contributed by atoms with Crippen LogP contribution < -0.4 is 0 Å². The molecule has 1 heterocycles. The van der Waals surface area contributed by atoms with Crippen LogP contribution in [0.5, 0.6) is 0 Å². The molecule has 2 aliphatic rings. The zero-order chi connectivity index (χ0) is 20.5. The summed E-state index contributed by atoms with van der Waals surface area (Å²) in [5, 5.41) is 50.4.